The number of hydrogen-bond donors (Lipinski definition) is 1. The molecular weight excluding hydrogens is 488 g/mol. The van der Waals surface area contributed by atoms with Crippen molar-refractivity contribution in [2.75, 3.05) is 12.0 Å². The van der Waals surface area contributed by atoms with Crippen molar-refractivity contribution in [3.8, 4) is 17.1 Å². The number of halogens is 2. The van der Waals surface area contributed by atoms with Gasteiger partial charge in [0.2, 0.25) is 0 Å². The van der Waals surface area contributed by atoms with Crippen molar-refractivity contribution in [3.05, 3.63) is 75.4 Å². The molecule has 156 valence electrons. The number of carbonyl (C=O) groups is 3. The number of imide groups is 2. The molecule has 2 heterocycles. The predicted molar refractivity (Wildman–Crippen MR) is 119 cm³/mol. The molecule has 0 saturated carbocycles. The third-order valence-electron chi connectivity index (χ3n) is 4.54. The normalized spacial score (nSPS) is 15.4. The van der Waals surface area contributed by atoms with Gasteiger partial charge in [-0.15, -0.1) is 0 Å². The summed E-state index contributed by atoms with van der Waals surface area (Å²) >= 11 is 9.49. The van der Waals surface area contributed by atoms with E-state index in [0.717, 1.165) is 14.9 Å². The molecule has 0 aliphatic carbocycles. The monoisotopic (exact) mass is 500 g/mol. The van der Waals surface area contributed by atoms with Gasteiger partial charge in [0.05, 0.1) is 17.8 Å². The fourth-order valence-electron chi connectivity index (χ4n) is 3.03. The van der Waals surface area contributed by atoms with Crippen molar-refractivity contribution in [2.24, 2.45) is 0 Å². The van der Waals surface area contributed by atoms with Gasteiger partial charge in [-0.1, -0.05) is 39.7 Å². The van der Waals surface area contributed by atoms with Crippen molar-refractivity contribution in [3.63, 3.8) is 0 Å². The van der Waals surface area contributed by atoms with E-state index in [2.05, 4.69) is 21.2 Å². The molecule has 0 radical (unpaired) electrons. The number of urea groups is 1. The lowest BCUT2D eigenvalue weighted by molar-refractivity contribution is -0.122. The van der Waals surface area contributed by atoms with Crippen LogP contribution >= 0.6 is 27.5 Å². The van der Waals surface area contributed by atoms with Crippen LogP contribution in [0.4, 0.5) is 10.5 Å². The van der Waals surface area contributed by atoms with Crippen LogP contribution in [-0.2, 0) is 9.59 Å². The van der Waals surface area contributed by atoms with Crippen LogP contribution in [0.3, 0.4) is 0 Å². The molecule has 31 heavy (non-hydrogen) atoms. The maximum atomic E-state index is 13.0. The number of barbiturate groups is 1. The van der Waals surface area contributed by atoms with Crippen LogP contribution in [0.5, 0.6) is 5.75 Å². The lowest BCUT2D eigenvalue weighted by Gasteiger charge is -2.26. The predicted octanol–water partition coefficient (Wildman–Crippen LogP) is 5.04. The first-order valence-electron chi connectivity index (χ1n) is 8.98. The lowest BCUT2D eigenvalue weighted by atomic mass is 10.1. The summed E-state index contributed by atoms with van der Waals surface area (Å²) in [6.07, 6.45) is 1.30. The van der Waals surface area contributed by atoms with Crippen molar-refractivity contribution >= 4 is 57.1 Å². The quantitative estimate of drug-likeness (QED) is 0.400. The van der Waals surface area contributed by atoms with Crippen LogP contribution in [0.1, 0.15) is 5.76 Å². The van der Waals surface area contributed by atoms with Crippen molar-refractivity contribution < 1.29 is 23.5 Å². The number of methoxy groups -OCH3 is 1. The highest BCUT2D eigenvalue weighted by Crippen LogP contribution is 2.31. The molecule has 7 nitrogen and oxygen atoms in total. The number of carbonyl (C=O) groups excluding carboxylic acids is 3. The fourth-order valence-corrected chi connectivity index (χ4v) is 3.54. The number of rotatable bonds is 4. The second-order valence-electron chi connectivity index (χ2n) is 6.49. The largest absolute Gasteiger partial charge is 0.495 e. The van der Waals surface area contributed by atoms with Gasteiger partial charge in [0.25, 0.3) is 11.8 Å². The first kappa shape index (κ1) is 20.9. The van der Waals surface area contributed by atoms with Crippen LogP contribution in [0.2, 0.25) is 5.02 Å². The van der Waals surface area contributed by atoms with E-state index in [1.54, 1.807) is 12.1 Å². The molecule has 1 aliphatic rings. The van der Waals surface area contributed by atoms with Gasteiger partial charge in [-0.25, -0.2) is 9.69 Å². The average Bonchev–Trinajstić information content (AvgIpc) is 3.20. The van der Waals surface area contributed by atoms with Crippen LogP contribution in [0.25, 0.3) is 17.4 Å². The zero-order valence-corrected chi connectivity index (χ0v) is 18.4. The van der Waals surface area contributed by atoms with Gasteiger partial charge in [-0.05, 0) is 48.5 Å². The Labute approximate surface area is 190 Å². The van der Waals surface area contributed by atoms with Gasteiger partial charge in [0.15, 0.2) is 0 Å². The van der Waals surface area contributed by atoms with Gasteiger partial charge in [-0.3, -0.25) is 14.9 Å². The first-order chi connectivity index (χ1) is 14.9. The SMILES string of the molecule is COc1ccc(N2C(=O)NC(=O)/C(=C\c3ccc(-c4ccc(Br)cc4)o3)C2=O)cc1Cl. The number of benzene rings is 2. The second-order valence-corrected chi connectivity index (χ2v) is 7.81. The fraction of sp³-hybridized carbons (Fsp3) is 0.0455. The van der Waals surface area contributed by atoms with Gasteiger partial charge < -0.3 is 9.15 Å². The van der Waals surface area contributed by atoms with Gasteiger partial charge >= 0.3 is 6.03 Å². The highest BCUT2D eigenvalue weighted by molar-refractivity contribution is 9.10. The molecule has 1 N–H and O–H groups in total. The maximum absolute atomic E-state index is 13.0. The first-order valence-corrected chi connectivity index (χ1v) is 10.2. The summed E-state index contributed by atoms with van der Waals surface area (Å²) < 4.78 is 11.8. The Balaban J connectivity index is 1.66. The summed E-state index contributed by atoms with van der Waals surface area (Å²) in [5.74, 6) is -0.362. The zero-order chi connectivity index (χ0) is 22.1. The number of nitrogens with one attached hydrogen (secondary N) is 1. The molecule has 0 spiro atoms. The molecule has 0 bridgehead atoms. The standard InChI is InChI=1S/C22H14BrClN2O5/c1-30-19-8-6-14(10-17(19)24)26-21(28)16(20(27)25-22(26)29)11-15-7-9-18(31-15)12-2-4-13(23)5-3-12/h2-11H,1H3,(H,25,27,29)/b16-11+. The highest BCUT2D eigenvalue weighted by Gasteiger charge is 2.37. The molecule has 1 aliphatic heterocycles. The zero-order valence-electron chi connectivity index (χ0n) is 16.0. The van der Waals surface area contributed by atoms with Crippen LogP contribution in [0.15, 0.2) is 69.1 Å². The molecule has 4 rings (SSSR count). The topological polar surface area (TPSA) is 88.8 Å². The molecule has 1 aromatic heterocycles. The summed E-state index contributed by atoms with van der Waals surface area (Å²) in [6, 6.07) is 14.4. The Kier molecular flexibility index (Phi) is 5.67. The minimum absolute atomic E-state index is 0.196. The number of ether oxygens (including phenoxy) is 1. The molecule has 2 aromatic carbocycles. The third kappa shape index (κ3) is 4.12. The Hall–Kier alpha value is -3.36. The van der Waals surface area contributed by atoms with Crippen molar-refractivity contribution in [2.45, 2.75) is 0 Å². The number of amides is 4. The van der Waals surface area contributed by atoms with E-state index in [-0.39, 0.29) is 16.3 Å². The second kappa shape index (κ2) is 8.41. The lowest BCUT2D eigenvalue weighted by Crippen LogP contribution is -2.54. The molecule has 1 saturated heterocycles. The number of anilines is 1. The Bertz CT molecular complexity index is 1230. The summed E-state index contributed by atoms with van der Waals surface area (Å²) in [7, 11) is 1.45. The van der Waals surface area contributed by atoms with E-state index in [1.165, 1.54) is 31.4 Å². The third-order valence-corrected chi connectivity index (χ3v) is 5.36. The van der Waals surface area contributed by atoms with E-state index >= 15 is 0 Å². The van der Waals surface area contributed by atoms with Crippen molar-refractivity contribution in [1.29, 1.82) is 0 Å². The average molecular weight is 502 g/mol. The van der Waals surface area contributed by atoms with E-state index in [9.17, 15) is 14.4 Å². The number of furan rings is 1. The molecule has 4 amide bonds. The van der Waals surface area contributed by atoms with E-state index in [0.29, 0.717) is 17.3 Å². The van der Waals surface area contributed by atoms with Gasteiger partial charge in [0, 0.05) is 10.0 Å². The smallest absolute Gasteiger partial charge is 0.335 e. The summed E-state index contributed by atoms with van der Waals surface area (Å²) in [5, 5.41) is 2.38. The summed E-state index contributed by atoms with van der Waals surface area (Å²) in [6.45, 7) is 0. The molecular formula is C22H14BrClN2O5. The summed E-state index contributed by atoms with van der Waals surface area (Å²) in [5.41, 5.74) is 0.780. The minimum Gasteiger partial charge on any atom is -0.495 e. The Morgan fingerprint density at radius 3 is 2.48 bits per heavy atom. The maximum Gasteiger partial charge on any atom is 0.335 e. The highest BCUT2D eigenvalue weighted by atomic mass is 79.9. The molecule has 0 atom stereocenters. The van der Waals surface area contributed by atoms with E-state index in [1.807, 2.05) is 24.3 Å². The molecule has 1 fully saturated rings. The van der Waals surface area contributed by atoms with Crippen LogP contribution in [0, 0.1) is 0 Å². The van der Waals surface area contributed by atoms with Crippen LogP contribution < -0.4 is 15.0 Å². The molecule has 0 unspecified atom stereocenters. The number of nitrogens with zero attached hydrogens (tertiary/aromatic N) is 1. The van der Waals surface area contributed by atoms with E-state index in [4.69, 9.17) is 20.8 Å². The molecule has 9 heteroatoms. The van der Waals surface area contributed by atoms with Crippen LogP contribution in [-0.4, -0.2) is 25.0 Å². The number of hydrogen-bond acceptors (Lipinski definition) is 5. The van der Waals surface area contributed by atoms with Gasteiger partial charge in [-0.2, -0.15) is 0 Å². The minimum atomic E-state index is -0.872. The van der Waals surface area contributed by atoms with Crippen molar-refractivity contribution in [1.82, 2.24) is 5.32 Å². The Morgan fingerprint density at radius 1 is 1.06 bits per heavy atom. The summed E-state index contributed by atoms with van der Waals surface area (Å²) in [4.78, 5) is 38.5. The molecule has 3 aromatic rings. The van der Waals surface area contributed by atoms with E-state index < -0.39 is 17.8 Å². The van der Waals surface area contributed by atoms with Gasteiger partial charge in [0.1, 0.15) is 22.8 Å². The Morgan fingerprint density at radius 2 is 1.81 bits per heavy atom.